The van der Waals surface area contributed by atoms with Crippen molar-refractivity contribution in [3.63, 3.8) is 0 Å². The maximum atomic E-state index is 11.8. The molecule has 100 valence electrons. The van der Waals surface area contributed by atoms with Crippen LogP contribution in [0.25, 0.3) is 0 Å². The Balaban J connectivity index is 2.46. The molecule has 2 rings (SSSR count). The first-order chi connectivity index (χ1) is 9.02. The van der Waals surface area contributed by atoms with Crippen LogP contribution in [-0.4, -0.2) is 16.7 Å². The number of aromatic amines is 1. The van der Waals surface area contributed by atoms with Gasteiger partial charge in [-0.15, -0.1) is 0 Å². The van der Waals surface area contributed by atoms with Gasteiger partial charge >= 0.3 is 5.69 Å². The van der Waals surface area contributed by atoms with Crippen LogP contribution in [0.4, 0.5) is 0 Å². The van der Waals surface area contributed by atoms with Crippen molar-refractivity contribution in [2.24, 2.45) is 0 Å². The Morgan fingerprint density at radius 3 is 2.42 bits per heavy atom. The smallest absolute Gasteiger partial charge is 0.330 e. The standard InChI is InChI=1S/C13H13ClN2O3/c1-8(9-3-5-10(19-2)6-4-9)16-12(17)7-11(14)15-13(16)18/h3-8H,1-2H3,(H,15,18). The van der Waals surface area contributed by atoms with Crippen molar-refractivity contribution in [3.05, 3.63) is 61.9 Å². The van der Waals surface area contributed by atoms with Gasteiger partial charge in [-0.3, -0.25) is 14.3 Å². The van der Waals surface area contributed by atoms with Crippen molar-refractivity contribution in [2.75, 3.05) is 7.11 Å². The summed E-state index contributed by atoms with van der Waals surface area (Å²) >= 11 is 5.63. The van der Waals surface area contributed by atoms with Crippen LogP contribution < -0.4 is 16.0 Å². The Kier molecular flexibility index (Phi) is 3.76. The minimum Gasteiger partial charge on any atom is -0.497 e. The summed E-state index contributed by atoms with van der Waals surface area (Å²) < 4.78 is 6.18. The number of H-pyrrole nitrogens is 1. The maximum Gasteiger partial charge on any atom is 0.330 e. The molecule has 6 heteroatoms. The number of hydrogen-bond acceptors (Lipinski definition) is 3. The van der Waals surface area contributed by atoms with Crippen molar-refractivity contribution < 1.29 is 4.74 Å². The third-order valence-electron chi connectivity index (χ3n) is 2.92. The summed E-state index contributed by atoms with van der Waals surface area (Å²) in [4.78, 5) is 26.0. The van der Waals surface area contributed by atoms with Crippen LogP contribution in [-0.2, 0) is 0 Å². The van der Waals surface area contributed by atoms with Crippen LogP contribution in [0.15, 0.2) is 39.9 Å². The molecule has 1 unspecified atom stereocenters. The molecular formula is C13H13ClN2O3. The van der Waals surface area contributed by atoms with E-state index in [1.807, 2.05) is 12.1 Å². The van der Waals surface area contributed by atoms with Gasteiger partial charge in [0.2, 0.25) is 0 Å². The van der Waals surface area contributed by atoms with Gasteiger partial charge in [-0.25, -0.2) is 4.79 Å². The number of aromatic nitrogens is 2. The van der Waals surface area contributed by atoms with E-state index < -0.39 is 11.2 Å². The van der Waals surface area contributed by atoms with Crippen molar-refractivity contribution in [3.8, 4) is 5.75 Å². The SMILES string of the molecule is COc1ccc(C(C)n2c(=O)cc(Cl)[nH]c2=O)cc1. The zero-order chi connectivity index (χ0) is 14.0. The van der Waals surface area contributed by atoms with Gasteiger partial charge in [0.1, 0.15) is 10.9 Å². The molecule has 0 aliphatic rings. The number of benzene rings is 1. The number of halogens is 1. The summed E-state index contributed by atoms with van der Waals surface area (Å²) in [5, 5.41) is 0.0354. The molecule has 0 saturated heterocycles. The maximum absolute atomic E-state index is 11.8. The van der Waals surface area contributed by atoms with Gasteiger partial charge in [0.15, 0.2) is 0 Å². The minimum absolute atomic E-state index is 0.0354. The molecule has 0 aliphatic carbocycles. The number of ether oxygens (including phenoxy) is 1. The van der Waals surface area contributed by atoms with Gasteiger partial charge in [0.25, 0.3) is 5.56 Å². The summed E-state index contributed by atoms with van der Waals surface area (Å²) in [7, 11) is 1.58. The molecule has 1 aromatic carbocycles. The average Bonchev–Trinajstić information content (AvgIpc) is 2.37. The van der Waals surface area contributed by atoms with E-state index in [0.717, 1.165) is 10.1 Å². The van der Waals surface area contributed by atoms with E-state index in [2.05, 4.69) is 4.98 Å². The number of hydrogen-bond donors (Lipinski definition) is 1. The summed E-state index contributed by atoms with van der Waals surface area (Å²) in [6, 6.07) is 7.97. The molecule has 2 aromatic rings. The van der Waals surface area contributed by atoms with E-state index in [-0.39, 0.29) is 11.2 Å². The molecule has 1 heterocycles. The van der Waals surface area contributed by atoms with Gasteiger partial charge in [0.05, 0.1) is 13.2 Å². The zero-order valence-electron chi connectivity index (χ0n) is 10.5. The zero-order valence-corrected chi connectivity index (χ0v) is 11.3. The molecule has 5 nitrogen and oxygen atoms in total. The fourth-order valence-corrected chi connectivity index (χ4v) is 2.05. The topological polar surface area (TPSA) is 64.1 Å². The second-order valence-corrected chi connectivity index (χ2v) is 4.49. The lowest BCUT2D eigenvalue weighted by Gasteiger charge is -2.14. The minimum atomic E-state index is -0.527. The predicted octanol–water partition coefficient (Wildman–Crippen LogP) is 1.81. The number of nitrogens with one attached hydrogen (secondary N) is 1. The lowest BCUT2D eigenvalue weighted by molar-refractivity contribution is 0.414. The number of nitrogens with zero attached hydrogens (tertiary/aromatic N) is 1. The molecule has 19 heavy (non-hydrogen) atoms. The molecular weight excluding hydrogens is 268 g/mol. The van der Waals surface area contributed by atoms with Crippen LogP contribution in [0.5, 0.6) is 5.75 Å². The van der Waals surface area contributed by atoms with E-state index in [9.17, 15) is 9.59 Å². The van der Waals surface area contributed by atoms with Crippen LogP contribution in [0, 0.1) is 0 Å². The molecule has 0 aliphatic heterocycles. The van der Waals surface area contributed by atoms with E-state index in [1.165, 1.54) is 6.07 Å². The van der Waals surface area contributed by atoms with E-state index in [4.69, 9.17) is 16.3 Å². The Morgan fingerprint density at radius 1 is 1.26 bits per heavy atom. The highest BCUT2D eigenvalue weighted by Crippen LogP contribution is 2.18. The molecule has 1 N–H and O–H groups in total. The fraction of sp³-hybridized carbons (Fsp3) is 0.231. The molecule has 1 aromatic heterocycles. The predicted molar refractivity (Wildman–Crippen MR) is 73.1 cm³/mol. The Morgan fingerprint density at radius 2 is 1.89 bits per heavy atom. The third kappa shape index (κ3) is 2.71. The second kappa shape index (κ2) is 5.32. The summed E-state index contributed by atoms with van der Waals surface area (Å²) in [6.07, 6.45) is 0. The third-order valence-corrected chi connectivity index (χ3v) is 3.12. The molecule has 0 saturated carbocycles. The first kappa shape index (κ1) is 13.4. The normalized spacial score (nSPS) is 12.2. The van der Waals surface area contributed by atoms with Crippen molar-refractivity contribution >= 4 is 11.6 Å². The molecule has 0 bridgehead atoms. The first-order valence-corrected chi connectivity index (χ1v) is 6.06. The van der Waals surface area contributed by atoms with Crippen LogP contribution in [0.2, 0.25) is 5.15 Å². The van der Waals surface area contributed by atoms with Gasteiger partial charge in [0, 0.05) is 6.07 Å². The van der Waals surface area contributed by atoms with Crippen LogP contribution >= 0.6 is 11.6 Å². The molecule has 0 fully saturated rings. The van der Waals surface area contributed by atoms with Gasteiger partial charge in [-0.2, -0.15) is 0 Å². The van der Waals surface area contributed by atoms with Gasteiger partial charge in [-0.05, 0) is 24.6 Å². The lowest BCUT2D eigenvalue weighted by atomic mass is 10.1. The monoisotopic (exact) mass is 280 g/mol. The van der Waals surface area contributed by atoms with E-state index in [1.54, 1.807) is 26.2 Å². The van der Waals surface area contributed by atoms with Crippen molar-refractivity contribution in [1.82, 2.24) is 9.55 Å². The van der Waals surface area contributed by atoms with E-state index in [0.29, 0.717) is 5.75 Å². The summed E-state index contributed by atoms with van der Waals surface area (Å²) in [5.41, 5.74) is -0.131. The fourth-order valence-electron chi connectivity index (χ4n) is 1.87. The lowest BCUT2D eigenvalue weighted by Crippen LogP contribution is -2.37. The van der Waals surface area contributed by atoms with Gasteiger partial charge < -0.3 is 4.74 Å². The van der Waals surface area contributed by atoms with Crippen LogP contribution in [0.1, 0.15) is 18.5 Å². The van der Waals surface area contributed by atoms with Crippen LogP contribution in [0.3, 0.4) is 0 Å². The molecule has 0 spiro atoms. The Bertz CT molecular complexity index is 657. The molecule has 0 radical (unpaired) electrons. The first-order valence-electron chi connectivity index (χ1n) is 5.68. The second-order valence-electron chi connectivity index (χ2n) is 4.08. The quantitative estimate of drug-likeness (QED) is 0.872. The molecule has 0 amide bonds. The van der Waals surface area contributed by atoms with Crippen molar-refractivity contribution in [1.29, 1.82) is 0 Å². The number of methoxy groups -OCH3 is 1. The molecule has 1 atom stereocenters. The highest BCUT2D eigenvalue weighted by Gasteiger charge is 2.13. The highest BCUT2D eigenvalue weighted by molar-refractivity contribution is 6.29. The van der Waals surface area contributed by atoms with E-state index >= 15 is 0 Å². The largest absolute Gasteiger partial charge is 0.497 e. The Labute approximate surface area is 114 Å². The van der Waals surface area contributed by atoms with Gasteiger partial charge in [-0.1, -0.05) is 23.7 Å². The van der Waals surface area contributed by atoms with Crippen molar-refractivity contribution in [2.45, 2.75) is 13.0 Å². The Hall–Kier alpha value is -2.01. The summed E-state index contributed by atoms with van der Waals surface area (Å²) in [6.45, 7) is 1.77. The number of rotatable bonds is 3. The summed E-state index contributed by atoms with van der Waals surface area (Å²) in [5.74, 6) is 0.716. The highest BCUT2D eigenvalue weighted by atomic mass is 35.5. The average molecular weight is 281 g/mol.